The first kappa shape index (κ1) is 38.7. The van der Waals surface area contributed by atoms with Gasteiger partial charge in [-0.3, -0.25) is 13.8 Å². The van der Waals surface area contributed by atoms with Crippen LogP contribution in [-0.4, -0.2) is 47.8 Å². The second-order valence-electron chi connectivity index (χ2n) is 10.3. The number of hydrogen-bond acceptors (Lipinski definition) is 6. The summed E-state index contributed by atoms with van der Waals surface area (Å²) in [6.07, 6.45) is 29.1. The lowest BCUT2D eigenvalue weighted by Gasteiger charge is -2.23. The number of phosphoric ester groups is 1. The Morgan fingerprint density at radius 3 is 2.00 bits per heavy atom. The molecule has 5 N–H and O–H groups in total. The Morgan fingerprint density at radius 2 is 1.35 bits per heavy atom. The Hall–Kier alpha value is -1.28. The predicted molar refractivity (Wildman–Crippen MR) is 166 cm³/mol. The van der Waals surface area contributed by atoms with Crippen molar-refractivity contribution in [2.24, 2.45) is 5.73 Å². The molecule has 0 aromatic rings. The summed E-state index contributed by atoms with van der Waals surface area (Å²) in [7, 11) is -4.33. The lowest BCUT2D eigenvalue weighted by Crippen LogP contribution is -2.45. The summed E-state index contributed by atoms with van der Waals surface area (Å²) >= 11 is 0. The fourth-order valence-corrected chi connectivity index (χ4v) is 4.77. The maximum absolute atomic E-state index is 12.6. The van der Waals surface area contributed by atoms with Gasteiger partial charge in [0.25, 0.3) is 0 Å². The number of aliphatic hydroxyl groups excluding tert-OH is 1. The Bertz CT molecular complexity index is 729. The highest BCUT2D eigenvalue weighted by molar-refractivity contribution is 7.47. The van der Waals surface area contributed by atoms with Gasteiger partial charge in [0.2, 0.25) is 5.91 Å². The Kier molecular flexibility index (Phi) is 27.0. The normalized spacial score (nSPS) is 15.2. The van der Waals surface area contributed by atoms with Gasteiger partial charge in [-0.05, 0) is 51.4 Å². The molecule has 40 heavy (non-hydrogen) atoms. The maximum atomic E-state index is 12.6. The van der Waals surface area contributed by atoms with Gasteiger partial charge in [0.15, 0.2) is 0 Å². The van der Waals surface area contributed by atoms with E-state index in [1.54, 1.807) is 6.08 Å². The molecule has 0 aromatic carbocycles. The molecule has 0 heterocycles. The first-order chi connectivity index (χ1) is 19.4. The Morgan fingerprint density at radius 1 is 0.800 bits per heavy atom. The molecular weight excluding hydrogens is 527 g/mol. The van der Waals surface area contributed by atoms with Crippen LogP contribution < -0.4 is 11.1 Å². The number of unbranched alkanes of at least 4 members (excludes halogenated alkanes) is 12. The van der Waals surface area contributed by atoms with E-state index in [-0.39, 0.29) is 25.7 Å². The van der Waals surface area contributed by atoms with Crippen LogP contribution in [0.5, 0.6) is 0 Å². The first-order valence-corrected chi connectivity index (χ1v) is 17.1. The number of carbonyl (C=O) groups is 1. The predicted octanol–water partition coefficient (Wildman–Crippen LogP) is 7.26. The third-order valence-electron chi connectivity index (χ3n) is 6.44. The van der Waals surface area contributed by atoms with Gasteiger partial charge in [-0.25, -0.2) is 4.57 Å². The minimum Gasteiger partial charge on any atom is -0.387 e. The topological polar surface area (TPSA) is 131 Å². The lowest BCUT2D eigenvalue weighted by molar-refractivity contribution is -0.123. The average Bonchev–Trinajstić information content (AvgIpc) is 2.93. The van der Waals surface area contributed by atoms with Crippen LogP contribution in [0.15, 0.2) is 36.5 Å². The molecule has 1 amide bonds. The van der Waals surface area contributed by atoms with Crippen LogP contribution in [0.1, 0.15) is 123 Å². The molecule has 8 nitrogen and oxygen atoms in total. The fourth-order valence-electron chi connectivity index (χ4n) is 4.01. The molecule has 3 atom stereocenters. The molecule has 0 radical (unpaired) electrons. The monoisotopic (exact) mass is 586 g/mol. The smallest absolute Gasteiger partial charge is 0.387 e. The number of hydrogen-bond donors (Lipinski definition) is 4. The van der Waals surface area contributed by atoms with Crippen molar-refractivity contribution in [1.29, 1.82) is 0 Å². The highest BCUT2D eigenvalue weighted by Gasteiger charge is 2.26. The maximum Gasteiger partial charge on any atom is 0.472 e. The second kappa shape index (κ2) is 27.9. The first-order valence-electron chi connectivity index (χ1n) is 15.6. The van der Waals surface area contributed by atoms with Crippen LogP contribution in [0.3, 0.4) is 0 Å². The molecule has 0 fully saturated rings. The van der Waals surface area contributed by atoms with Gasteiger partial charge in [-0.1, -0.05) is 102 Å². The zero-order valence-corrected chi connectivity index (χ0v) is 26.2. The second-order valence-corrected chi connectivity index (χ2v) is 11.8. The van der Waals surface area contributed by atoms with Gasteiger partial charge >= 0.3 is 7.82 Å². The van der Waals surface area contributed by atoms with Gasteiger partial charge < -0.3 is 21.1 Å². The van der Waals surface area contributed by atoms with Crippen molar-refractivity contribution in [1.82, 2.24) is 5.32 Å². The Balaban J connectivity index is 4.53. The molecule has 3 unspecified atom stereocenters. The van der Waals surface area contributed by atoms with Crippen molar-refractivity contribution < 1.29 is 28.4 Å². The summed E-state index contributed by atoms with van der Waals surface area (Å²) in [5.74, 6) is -0.221. The van der Waals surface area contributed by atoms with Crippen LogP contribution in [-0.2, 0) is 18.4 Å². The molecule has 0 aromatic heterocycles. The molecule has 0 saturated carbocycles. The van der Waals surface area contributed by atoms with Crippen molar-refractivity contribution in [3.63, 3.8) is 0 Å². The largest absolute Gasteiger partial charge is 0.472 e. The van der Waals surface area contributed by atoms with Crippen molar-refractivity contribution in [3.05, 3.63) is 36.5 Å². The van der Waals surface area contributed by atoms with E-state index in [1.165, 1.54) is 38.5 Å². The third-order valence-corrected chi connectivity index (χ3v) is 7.42. The number of nitrogens with two attached hydrogens (primary N) is 1. The molecule has 234 valence electrons. The van der Waals surface area contributed by atoms with Crippen molar-refractivity contribution in [2.45, 2.75) is 135 Å². The van der Waals surface area contributed by atoms with Crippen LogP contribution in [0.2, 0.25) is 0 Å². The minimum absolute atomic E-state index is 0.0717. The minimum atomic E-state index is -4.33. The molecule has 0 aliphatic rings. The van der Waals surface area contributed by atoms with Crippen molar-refractivity contribution in [3.8, 4) is 0 Å². The summed E-state index contributed by atoms with van der Waals surface area (Å²) in [5.41, 5.74) is 5.32. The van der Waals surface area contributed by atoms with Crippen LogP contribution in [0.4, 0.5) is 0 Å². The molecule has 0 spiro atoms. The Labute approximate surface area is 244 Å². The summed E-state index contributed by atoms with van der Waals surface area (Å²) in [6.45, 7) is 3.98. The lowest BCUT2D eigenvalue weighted by atomic mass is 10.1. The zero-order chi connectivity index (χ0) is 29.7. The standard InChI is InChI=1S/C31H59N2O6P/c1-3-5-7-9-11-13-15-17-19-21-23-25-31(35)33-29(28-39-40(36,37)38-27-26-32)30(34)24-22-20-18-16-14-12-10-8-6-4-2/h9,11,14,16,22,24,29-30,34H,3-8,10,12-13,15,17-21,23,25-28,32H2,1-2H3,(H,33,35)(H,36,37)/b11-9-,16-14+,24-22+. The SMILES string of the molecule is CCCC/C=C\CCCCCCCC(=O)NC(COP(=O)(O)OCCN)C(O)/C=C/CC/C=C/CCCCCC. The van der Waals surface area contributed by atoms with Crippen LogP contribution >= 0.6 is 7.82 Å². The van der Waals surface area contributed by atoms with Gasteiger partial charge in [0.05, 0.1) is 25.4 Å². The molecule has 0 aliphatic heterocycles. The summed E-state index contributed by atoms with van der Waals surface area (Å²) in [4.78, 5) is 22.4. The van der Waals surface area contributed by atoms with E-state index in [1.807, 2.05) is 6.08 Å². The fraction of sp³-hybridized carbons (Fsp3) is 0.774. The number of amides is 1. The van der Waals surface area contributed by atoms with Crippen LogP contribution in [0.25, 0.3) is 0 Å². The van der Waals surface area contributed by atoms with E-state index in [0.717, 1.165) is 64.2 Å². The van der Waals surface area contributed by atoms with E-state index in [2.05, 4.69) is 43.5 Å². The molecule has 9 heteroatoms. The molecule has 0 aliphatic carbocycles. The summed E-state index contributed by atoms with van der Waals surface area (Å²) in [6, 6.07) is -0.876. The van der Waals surface area contributed by atoms with Gasteiger partial charge in [0, 0.05) is 13.0 Å². The van der Waals surface area contributed by atoms with Crippen molar-refractivity contribution >= 4 is 13.7 Å². The highest BCUT2D eigenvalue weighted by atomic mass is 31.2. The van der Waals surface area contributed by atoms with Crippen molar-refractivity contribution in [2.75, 3.05) is 19.8 Å². The zero-order valence-electron chi connectivity index (χ0n) is 25.3. The van der Waals surface area contributed by atoms with E-state index < -0.39 is 20.0 Å². The van der Waals surface area contributed by atoms with E-state index >= 15 is 0 Å². The average molecular weight is 587 g/mol. The number of rotatable bonds is 28. The summed E-state index contributed by atoms with van der Waals surface area (Å²) in [5, 5.41) is 13.4. The van der Waals surface area contributed by atoms with Gasteiger partial charge in [-0.2, -0.15) is 0 Å². The van der Waals surface area contributed by atoms with Gasteiger partial charge in [0.1, 0.15) is 0 Å². The van der Waals surface area contributed by atoms with E-state index in [9.17, 15) is 19.4 Å². The molecule has 0 rings (SSSR count). The number of phosphoric acid groups is 1. The van der Waals surface area contributed by atoms with Gasteiger partial charge in [-0.15, -0.1) is 0 Å². The molecule has 0 saturated heterocycles. The molecular formula is C31H59N2O6P. The van der Waals surface area contributed by atoms with Crippen LogP contribution in [0, 0.1) is 0 Å². The third kappa shape index (κ3) is 25.7. The quantitative estimate of drug-likeness (QED) is 0.0431. The van der Waals surface area contributed by atoms with E-state index in [0.29, 0.717) is 6.42 Å². The number of allylic oxidation sites excluding steroid dienone is 5. The number of aliphatic hydroxyl groups is 1. The summed E-state index contributed by atoms with van der Waals surface area (Å²) < 4.78 is 21.8. The van der Waals surface area contributed by atoms with E-state index in [4.69, 9.17) is 14.8 Å². The number of nitrogens with one attached hydrogen (secondary N) is 1. The number of carbonyl (C=O) groups excluding carboxylic acids is 1. The highest BCUT2D eigenvalue weighted by Crippen LogP contribution is 2.43. The molecule has 0 bridgehead atoms.